The van der Waals surface area contributed by atoms with Crippen LogP contribution in [0.5, 0.6) is 0 Å². The maximum Gasteiger partial charge on any atom is 0.0931 e. The van der Waals surface area contributed by atoms with E-state index in [1.807, 2.05) is 11.3 Å². The minimum absolute atomic E-state index is 0.561. The first kappa shape index (κ1) is 12.1. The number of rotatable bonds is 4. The Labute approximate surface area is 102 Å². The van der Waals surface area contributed by atoms with E-state index < -0.39 is 0 Å². The monoisotopic (exact) mass is 238 g/mol. The maximum absolute atomic E-state index is 5.65. The zero-order valence-electron chi connectivity index (χ0n) is 10.1. The van der Waals surface area contributed by atoms with Crippen LogP contribution in [0.25, 0.3) is 0 Å². The van der Waals surface area contributed by atoms with E-state index in [9.17, 15) is 0 Å². The minimum atomic E-state index is 0.561. The molecule has 0 aliphatic heterocycles. The first-order valence-corrected chi connectivity index (χ1v) is 7.32. The molecular formula is C13H22N2S. The Hall–Kier alpha value is -0.410. The molecular weight excluding hydrogens is 216 g/mol. The van der Waals surface area contributed by atoms with Gasteiger partial charge in [0.1, 0.15) is 0 Å². The first-order chi connectivity index (χ1) is 7.79. The number of hydrogen-bond donors (Lipinski definition) is 1. The van der Waals surface area contributed by atoms with Gasteiger partial charge in [-0.15, -0.1) is 11.3 Å². The molecule has 2 N–H and O–H groups in total. The van der Waals surface area contributed by atoms with Crippen LogP contribution in [0, 0.1) is 5.92 Å². The van der Waals surface area contributed by atoms with Crippen molar-refractivity contribution >= 4 is 11.3 Å². The predicted molar refractivity (Wildman–Crippen MR) is 69.9 cm³/mol. The smallest absolute Gasteiger partial charge is 0.0931 e. The average molecular weight is 238 g/mol. The lowest BCUT2D eigenvalue weighted by molar-refractivity contribution is 0.437. The fourth-order valence-electron chi connectivity index (χ4n) is 2.39. The van der Waals surface area contributed by atoms with Gasteiger partial charge in [-0.2, -0.15) is 0 Å². The molecule has 0 radical (unpaired) electrons. The van der Waals surface area contributed by atoms with Gasteiger partial charge in [-0.25, -0.2) is 4.98 Å². The van der Waals surface area contributed by atoms with Crippen molar-refractivity contribution in [2.45, 2.75) is 51.4 Å². The van der Waals surface area contributed by atoms with Crippen LogP contribution in [0.3, 0.4) is 0 Å². The molecule has 1 aromatic heterocycles. The van der Waals surface area contributed by atoms with E-state index in [4.69, 9.17) is 10.7 Å². The Morgan fingerprint density at radius 3 is 2.88 bits per heavy atom. The predicted octanol–water partition coefficient (Wildman–Crippen LogP) is 3.33. The molecule has 2 rings (SSSR count). The highest BCUT2D eigenvalue weighted by Crippen LogP contribution is 2.33. The van der Waals surface area contributed by atoms with Crippen molar-refractivity contribution < 1.29 is 0 Å². The summed E-state index contributed by atoms with van der Waals surface area (Å²) in [6.07, 6.45) is 7.92. The van der Waals surface area contributed by atoms with Crippen LogP contribution >= 0.6 is 11.3 Å². The number of nitrogens with two attached hydrogens (primary N) is 1. The molecule has 1 aliphatic rings. The van der Waals surface area contributed by atoms with E-state index in [0.29, 0.717) is 5.92 Å². The Balaban J connectivity index is 1.95. The molecule has 0 saturated heterocycles. The summed E-state index contributed by atoms with van der Waals surface area (Å²) in [5, 5.41) is 3.55. The Bertz CT molecular complexity index is 315. The topological polar surface area (TPSA) is 38.9 Å². The molecule has 1 atom stereocenters. The summed E-state index contributed by atoms with van der Waals surface area (Å²) in [5.74, 6) is 1.30. The summed E-state index contributed by atoms with van der Waals surface area (Å²) >= 11 is 1.82. The zero-order valence-corrected chi connectivity index (χ0v) is 10.9. The van der Waals surface area contributed by atoms with E-state index in [1.165, 1.54) is 42.8 Å². The van der Waals surface area contributed by atoms with Crippen LogP contribution in [-0.2, 0) is 6.42 Å². The van der Waals surface area contributed by atoms with Gasteiger partial charge in [0.05, 0.1) is 10.7 Å². The van der Waals surface area contributed by atoms with Gasteiger partial charge in [-0.05, 0) is 25.3 Å². The van der Waals surface area contributed by atoms with Crippen LogP contribution < -0.4 is 5.73 Å². The van der Waals surface area contributed by atoms with Crippen molar-refractivity contribution in [1.29, 1.82) is 0 Å². The third kappa shape index (κ3) is 3.05. The van der Waals surface area contributed by atoms with Crippen molar-refractivity contribution in [2.75, 3.05) is 6.54 Å². The molecule has 0 bridgehead atoms. The highest BCUT2D eigenvalue weighted by molar-refractivity contribution is 7.09. The molecule has 0 amide bonds. The molecule has 1 aromatic rings. The van der Waals surface area contributed by atoms with Crippen LogP contribution in [0.4, 0.5) is 0 Å². The van der Waals surface area contributed by atoms with E-state index in [0.717, 1.165) is 18.9 Å². The molecule has 1 aliphatic carbocycles. The molecule has 1 unspecified atom stereocenters. The fraction of sp³-hybridized carbons (Fsp3) is 0.769. The van der Waals surface area contributed by atoms with E-state index in [-0.39, 0.29) is 0 Å². The second-order valence-electron chi connectivity index (χ2n) is 5.05. The number of hydrogen-bond acceptors (Lipinski definition) is 3. The molecule has 16 heavy (non-hydrogen) atoms. The average Bonchev–Trinajstić information content (AvgIpc) is 2.78. The lowest BCUT2D eigenvalue weighted by Crippen LogP contribution is -2.13. The van der Waals surface area contributed by atoms with Gasteiger partial charge in [0.2, 0.25) is 0 Å². The summed E-state index contributed by atoms with van der Waals surface area (Å²) in [5.41, 5.74) is 7.00. The molecule has 0 aromatic carbocycles. The lowest BCUT2D eigenvalue weighted by atomic mass is 9.87. The summed E-state index contributed by atoms with van der Waals surface area (Å²) in [7, 11) is 0. The highest BCUT2D eigenvalue weighted by Gasteiger charge is 2.18. The van der Waals surface area contributed by atoms with Gasteiger partial charge >= 0.3 is 0 Å². The van der Waals surface area contributed by atoms with E-state index >= 15 is 0 Å². The molecule has 1 fully saturated rings. The summed E-state index contributed by atoms with van der Waals surface area (Å²) in [4.78, 5) is 4.78. The van der Waals surface area contributed by atoms with E-state index in [2.05, 4.69) is 12.3 Å². The van der Waals surface area contributed by atoms with Gasteiger partial charge in [-0.3, -0.25) is 0 Å². The van der Waals surface area contributed by atoms with Crippen LogP contribution in [0.2, 0.25) is 0 Å². The Kier molecular flexibility index (Phi) is 4.36. The molecule has 1 heterocycles. The molecule has 90 valence electrons. The third-order valence-corrected chi connectivity index (χ3v) is 4.41. The summed E-state index contributed by atoms with van der Waals surface area (Å²) in [6, 6.07) is 0. The second-order valence-corrected chi connectivity index (χ2v) is 5.99. The van der Waals surface area contributed by atoms with Crippen molar-refractivity contribution in [3.63, 3.8) is 0 Å². The van der Waals surface area contributed by atoms with Gasteiger partial charge in [-0.1, -0.05) is 26.2 Å². The summed E-state index contributed by atoms with van der Waals surface area (Å²) in [6.45, 7) is 2.96. The van der Waals surface area contributed by atoms with Gasteiger partial charge < -0.3 is 5.73 Å². The van der Waals surface area contributed by atoms with Crippen molar-refractivity contribution in [3.8, 4) is 0 Å². The van der Waals surface area contributed by atoms with E-state index in [1.54, 1.807) is 0 Å². The van der Waals surface area contributed by atoms with Crippen LogP contribution in [-0.4, -0.2) is 11.5 Å². The van der Waals surface area contributed by atoms with Gasteiger partial charge in [0.25, 0.3) is 0 Å². The van der Waals surface area contributed by atoms with Crippen molar-refractivity contribution in [1.82, 2.24) is 4.98 Å². The molecule has 2 nitrogen and oxygen atoms in total. The lowest BCUT2D eigenvalue weighted by Gasteiger charge is -2.19. The third-order valence-electron chi connectivity index (χ3n) is 3.52. The van der Waals surface area contributed by atoms with Crippen molar-refractivity contribution in [2.24, 2.45) is 11.7 Å². The fourth-order valence-corrected chi connectivity index (χ4v) is 3.43. The molecule has 3 heteroatoms. The van der Waals surface area contributed by atoms with Crippen molar-refractivity contribution in [3.05, 3.63) is 16.1 Å². The first-order valence-electron chi connectivity index (χ1n) is 6.44. The standard InChI is InChI=1S/C13H22N2S/c1-10(8-14)7-13-15-12(9-16-13)11-5-3-2-4-6-11/h9-11H,2-8,14H2,1H3. The highest BCUT2D eigenvalue weighted by atomic mass is 32.1. The van der Waals surface area contributed by atoms with Gasteiger partial charge in [0, 0.05) is 17.7 Å². The van der Waals surface area contributed by atoms with Crippen LogP contribution in [0.1, 0.15) is 55.6 Å². The Morgan fingerprint density at radius 2 is 2.19 bits per heavy atom. The Morgan fingerprint density at radius 1 is 1.44 bits per heavy atom. The van der Waals surface area contributed by atoms with Crippen LogP contribution in [0.15, 0.2) is 5.38 Å². The second kappa shape index (κ2) is 5.78. The SMILES string of the molecule is CC(CN)Cc1nc(C2CCCCC2)cs1. The molecule has 0 spiro atoms. The normalized spacial score (nSPS) is 19.9. The zero-order chi connectivity index (χ0) is 11.4. The summed E-state index contributed by atoms with van der Waals surface area (Å²) < 4.78 is 0. The molecule has 1 saturated carbocycles. The van der Waals surface area contributed by atoms with Gasteiger partial charge in [0.15, 0.2) is 0 Å². The minimum Gasteiger partial charge on any atom is -0.330 e. The largest absolute Gasteiger partial charge is 0.330 e. The number of aromatic nitrogens is 1. The maximum atomic E-state index is 5.65. The number of nitrogens with zero attached hydrogens (tertiary/aromatic N) is 1. The number of thiazole rings is 1. The quantitative estimate of drug-likeness (QED) is 0.874.